The molecule has 2 amide bonds. The average molecular weight is 945 g/mol. The van der Waals surface area contributed by atoms with Crippen molar-refractivity contribution in [2.45, 2.75) is 123 Å². The van der Waals surface area contributed by atoms with Gasteiger partial charge in [-0.2, -0.15) is 0 Å². The largest absolute Gasteiger partial charge is 0.469 e. The molecule has 6 aromatic rings. The number of carbonyl (C=O) groups excluding carboxylic acids is 2. The number of aromatic nitrogens is 3. The summed E-state index contributed by atoms with van der Waals surface area (Å²) in [5.74, 6) is 0.841. The molecule has 10 bridgehead atoms. The van der Waals surface area contributed by atoms with Gasteiger partial charge in [-0.25, -0.2) is 14.5 Å². The molecule has 3 unspecified atom stereocenters. The van der Waals surface area contributed by atoms with Crippen LogP contribution in [0, 0.1) is 11.8 Å². The lowest BCUT2D eigenvalue weighted by Gasteiger charge is -2.29. The Morgan fingerprint density at radius 2 is 1.65 bits per heavy atom. The number of fused-ring (bicyclic) bond motifs is 7. The summed E-state index contributed by atoms with van der Waals surface area (Å²) < 4.78 is 56.3. The molecule has 7 heterocycles. The van der Waals surface area contributed by atoms with Crippen LogP contribution in [-0.4, -0.2) is 64.3 Å². The topological polar surface area (TPSA) is 181 Å². The number of para-hydroxylation sites is 1. The summed E-state index contributed by atoms with van der Waals surface area (Å²) in [6.45, 7) is 15.0. The van der Waals surface area contributed by atoms with Crippen LogP contribution in [0.1, 0.15) is 121 Å². The van der Waals surface area contributed by atoms with Crippen molar-refractivity contribution in [3.05, 3.63) is 95.3 Å². The zero-order valence-corrected chi connectivity index (χ0v) is 40.7. The van der Waals surface area contributed by atoms with Gasteiger partial charge >= 0.3 is 7.75 Å². The third kappa shape index (κ3) is 7.57. The van der Waals surface area contributed by atoms with E-state index in [1.165, 1.54) is 0 Å². The van der Waals surface area contributed by atoms with Crippen molar-refractivity contribution < 1.29 is 41.5 Å². The Hall–Kier alpha value is -5.73. The summed E-state index contributed by atoms with van der Waals surface area (Å²) in [4.78, 5) is 38.9. The van der Waals surface area contributed by atoms with Gasteiger partial charge in [-0.05, 0) is 54.4 Å². The number of amides is 2. The van der Waals surface area contributed by atoms with Crippen LogP contribution in [0.15, 0.2) is 75.8 Å². The zero-order valence-electron chi connectivity index (χ0n) is 39.8. The molecule has 0 saturated carbocycles. The van der Waals surface area contributed by atoms with E-state index in [0.29, 0.717) is 40.7 Å². The first-order valence-corrected chi connectivity index (χ1v) is 25.9. The fourth-order valence-corrected chi connectivity index (χ4v) is 11.9. The van der Waals surface area contributed by atoms with E-state index in [2.05, 4.69) is 61.0 Å². The lowest BCUT2D eigenvalue weighted by molar-refractivity contribution is -0.139. The predicted octanol–water partition coefficient (Wildman–Crippen LogP) is 10.7. The molecule has 10 rings (SSSR count). The minimum absolute atomic E-state index is 0.122. The van der Waals surface area contributed by atoms with Crippen LogP contribution in [0.5, 0.6) is 5.75 Å². The Labute approximate surface area is 396 Å². The van der Waals surface area contributed by atoms with Crippen LogP contribution < -0.4 is 20.7 Å². The maximum absolute atomic E-state index is 15.1. The van der Waals surface area contributed by atoms with Crippen LogP contribution in [0.3, 0.4) is 0 Å². The molecular formula is C52H61N6O9P. The first-order chi connectivity index (χ1) is 32.9. The maximum atomic E-state index is 15.1. The van der Waals surface area contributed by atoms with Gasteiger partial charge in [-0.1, -0.05) is 110 Å². The highest BCUT2D eigenvalue weighted by Crippen LogP contribution is 2.62. The lowest BCUT2D eigenvalue weighted by atomic mass is 9.72. The molecule has 0 saturated heterocycles. The maximum Gasteiger partial charge on any atom is 0.439 e. The van der Waals surface area contributed by atoms with E-state index in [-0.39, 0.29) is 55.1 Å². The van der Waals surface area contributed by atoms with Crippen molar-refractivity contribution in [2.24, 2.45) is 11.8 Å². The summed E-state index contributed by atoms with van der Waals surface area (Å²) >= 11 is 0. The van der Waals surface area contributed by atoms with E-state index in [4.69, 9.17) is 37.3 Å². The number of carbonyl (C=O) groups is 2. The minimum Gasteiger partial charge on any atom is -0.469 e. The first-order valence-electron chi connectivity index (χ1n) is 24.4. The van der Waals surface area contributed by atoms with Gasteiger partial charge in [0.15, 0.2) is 23.4 Å². The Bertz CT molecular complexity index is 2920. The number of ether oxygens (including phenoxy) is 2. The van der Waals surface area contributed by atoms with Gasteiger partial charge in [0.1, 0.15) is 29.4 Å². The van der Waals surface area contributed by atoms with Crippen molar-refractivity contribution in [3.8, 4) is 39.8 Å². The highest BCUT2D eigenvalue weighted by atomic mass is 31.2. The summed E-state index contributed by atoms with van der Waals surface area (Å²) in [6.07, 6.45) is 7.09. The molecule has 16 heteroatoms. The molecule has 3 aromatic carbocycles. The second-order valence-corrected chi connectivity index (χ2v) is 21.0. The molecule has 3 N–H and O–H groups in total. The molecule has 3 aromatic heterocycles. The van der Waals surface area contributed by atoms with E-state index in [1.807, 2.05) is 58.0 Å². The highest BCUT2D eigenvalue weighted by molar-refractivity contribution is 7.52. The van der Waals surface area contributed by atoms with Gasteiger partial charge in [0.05, 0.1) is 24.9 Å². The number of anilines is 1. The van der Waals surface area contributed by atoms with E-state index in [9.17, 15) is 9.59 Å². The second kappa shape index (κ2) is 18.3. The third-order valence-electron chi connectivity index (χ3n) is 13.7. The Kier molecular flexibility index (Phi) is 12.4. The van der Waals surface area contributed by atoms with Crippen molar-refractivity contribution in [1.29, 1.82) is 0 Å². The minimum atomic E-state index is -3.93. The molecule has 0 aliphatic carbocycles. The molecule has 15 nitrogen and oxygen atoms in total. The molecule has 4 aliphatic rings. The van der Waals surface area contributed by atoms with Gasteiger partial charge in [0, 0.05) is 52.6 Å². The molecule has 5 atom stereocenters. The normalized spacial score (nSPS) is 20.4. The van der Waals surface area contributed by atoms with Crippen molar-refractivity contribution >= 4 is 36.2 Å². The van der Waals surface area contributed by atoms with Crippen molar-refractivity contribution in [2.75, 3.05) is 25.1 Å². The predicted molar refractivity (Wildman–Crippen MR) is 258 cm³/mol. The van der Waals surface area contributed by atoms with Gasteiger partial charge in [-0.15, -0.1) is 0 Å². The Balaban J connectivity index is 1.19. The van der Waals surface area contributed by atoms with Crippen molar-refractivity contribution in [3.63, 3.8) is 0 Å². The average Bonchev–Trinajstić information content (AvgIpc) is 4.16. The van der Waals surface area contributed by atoms with E-state index in [0.717, 1.165) is 77.4 Å². The van der Waals surface area contributed by atoms with Gasteiger partial charge in [-0.3, -0.25) is 23.0 Å². The van der Waals surface area contributed by atoms with Crippen LogP contribution in [-0.2, 0) is 39.8 Å². The number of nitrogens with one attached hydrogen (secondary N) is 3. The van der Waals surface area contributed by atoms with Crippen LogP contribution >= 0.6 is 7.75 Å². The van der Waals surface area contributed by atoms with E-state index < -0.39 is 37.6 Å². The SMILES string of the molecule is CCCCO[C@H](C(=O)N[C@H]1Cc2ccc3c(c2)C24c5cccc(c5NC2O3)-c2cccc3c2c(cn3P(=O)(OCCCC)OCCCC)-c2cnc(o2)-c2nc(oc24)C(C(C)C)NC1=O)C(C)C. The summed E-state index contributed by atoms with van der Waals surface area (Å²) in [7, 11) is -3.93. The quantitative estimate of drug-likeness (QED) is 0.0582. The zero-order chi connectivity index (χ0) is 47.5. The van der Waals surface area contributed by atoms with Crippen LogP contribution in [0.2, 0.25) is 0 Å². The lowest BCUT2D eigenvalue weighted by Crippen LogP contribution is -2.53. The number of rotatable bonds is 17. The summed E-state index contributed by atoms with van der Waals surface area (Å²) in [5.41, 5.74) is 5.49. The van der Waals surface area contributed by atoms with Gasteiger partial charge in [0.2, 0.25) is 23.6 Å². The molecule has 68 heavy (non-hydrogen) atoms. The summed E-state index contributed by atoms with van der Waals surface area (Å²) in [5, 5.41) is 10.9. The van der Waals surface area contributed by atoms with Crippen LogP contribution in [0.25, 0.3) is 44.9 Å². The second-order valence-electron chi connectivity index (χ2n) is 19.1. The number of nitrogens with zero attached hydrogens (tertiary/aromatic N) is 3. The Morgan fingerprint density at radius 3 is 2.38 bits per heavy atom. The standard InChI is InChI=1S/C52H61N6O9P/c1-8-11-22-62-45(30(6)7)48(60)54-37-26-31-20-21-39-36(25-31)52-35-18-14-17-33(43(35)57-51(52)66-39)32-16-15-19-38-41(32)34(28-58(38)68(61,63-23-12-9-2)64-24-13-10-3)40-27-53-49(65-40)44-46(52)67-50(56-44)42(29(4)5)55-47(37)59/h14-21,25,27-30,37,42,45,51,57H,8-13,22-24,26H2,1-7H3,(H,54,60)(H,55,59)/t37-,42?,45-,51?,52?/m0/s1. The third-order valence-corrected chi connectivity index (χ3v) is 15.6. The summed E-state index contributed by atoms with van der Waals surface area (Å²) in [6, 6.07) is 16.3. The highest BCUT2D eigenvalue weighted by Gasteiger charge is 2.62. The monoisotopic (exact) mass is 944 g/mol. The van der Waals surface area contributed by atoms with Crippen molar-refractivity contribution in [1.82, 2.24) is 24.9 Å². The number of hydrogen-bond acceptors (Lipinski definition) is 12. The molecule has 358 valence electrons. The number of unbranched alkanes of at least 4 members (excludes halogenated alkanes) is 3. The Morgan fingerprint density at radius 1 is 0.912 bits per heavy atom. The molecular weight excluding hydrogens is 884 g/mol. The first kappa shape index (κ1) is 46.0. The van der Waals surface area contributed by atoms with E-state index in [1.54, 1.807) is 16.7 Å². The molecule has 0 radical (unpaired) electrons. The van der Waals surface area contributed by atoms with Gasteiger partial charge in [0.25, 0.3) is 0 Å². The molecule has 0 fully saturated rings. The van der Waals surface area contributed by atoms with Gasteiger partial charge < -0.3 is 34.3 Å². The van der Waals surface area contributed by atoms with E-state index >= 15 is 4.57 Å². The molecule has 4 aliphatic heterocycles. The smallest absolute Gasteiger partial charge is 0.439 e. The number of hydrogen-bond donors (Lipinski definition) is 3. The number of benzene rings is 3. The number of oxazole rings is 2. The fourth-order valence-electron chi connectivity index (χ4n) is 10.1. The van der Waals surface area contributed by atoms with Crippen LogP contribution in [0.4, 0.5) is 5.69 Å². The molecule has 1 spiro atoms. The fraction of sp³-hybridized carbons (Fsp3) is 0.462.